The van der Waals surface area contributed by atoms with Gasteiger partial charge in [-0.2, -0.15) is 13.2 Å². The third-order valence-corrected chi connectivity index (χ3v) is 2.91. The summed E-state index contributed by atoms with van der Waals surface area (Å²) in [5.74, 6) is 0.775. The molecular formula is C14H16F3N3. The summed E-state index contributed by atoms with van der Waals surface area (Å²) >= 11 is 0. The topological polar surface area (TPSA) is 43.8 Å². The highest BCUT2D eigenvalue weighted by Crippen LogP contribution is 2.29. The summed E-state index contributed by atoms with van der Waals surface area (Å²) in [7, 11) is 0. The molecule has 1 atom stereocenters. The van der Waals surface area contributed by atoms with Crippen molar-refractivity contribution in [2.45, 2.75) is 32.1 Å². The fourth-order valence-electron chi connectivity index (χ4n) is 2.00. The molecule has 0 aliphatic rings. The molecule has 0 fully saturated rings. The van der Waals surface area contributed by atoms with Crippen molar-refractivity contribution in [1.82, 2.24) is 9.55 Å². The van der Waals surface area contributed by atoms with E-state index >= 15 is 0 Å². The molecule has 0 saturated carbocycles. The van der Waals surface area contributed by atoms with Gasteiger partial charge < -0.3 is 10.3 Å². The molecule has 2 aromatic rings. The average Bonchev–Trinajstić information content (AvgIpc) is 2.75. The zero-order chi connectivity index (χ0) is 14.8. The summed E-state index contributed by atoms with van der Waals surface area (Å²) in [5, 5.41) is 0. The van der Waals surface area contributed by atoms with Crippen LogP contribution in [0.25, 0.3) is 0 Å². The van der Waals surface area contributed by atoms with E-state index in [4.69, 9.17) is 5.73 Å². The Balaban J connectivity index is 2.20. The Morgan fingerprint density at radius 2 is 2.10 bits per heavy atom. The lowest BCUT2D eigenvalue weighted by Crippen LogP contribution is -2.20. The van der Waals surface area contributed by atoms with Crippen LogP contribution < -0.4 is 5.73 Å². The van der Waals surface area contributed by atoms with Gasteiger partial charge >= 0.3 is 6.18 Å². The van der Waals surface area contributed by atoms with E-state index in [1.165, 1.54) is 6.07 Å². The fourth-order valence-corrected chi connectivity index (χ4v) is 2.00. The Morgan fingerprint density at radius 3 is 2.75 bits per heavy atom. The zero-order valence-corrected chi connectivity index (χ0v) is 11.1. The first kappa shape index (κ1) is 14.6. The van der Waals surface area contributed by atoms with Crippen LogP contribution in [-0.2, 0) is 19.1 Å². The number of benzene rings is 1. The zero-order valence-electron chi connectivity index (χ0n) is 11.1. The number of hydrogen-bond acceptors (Lipinski definition) is 2. The van der Waals surface area contributed by atoms with Crippen LogP contribution in [0, 0.1) is 0 Å². The van der Waals surface area contributed by atoms with Crippen molar-refractivity contribution in [1.29, 1.82) is 0 Å². The Bertz CT molecular complexity index is 573. The SMILES string of the molecule is CC(N)Cc1nccn1Cc1cccc(C(F)(F)F)c1. The van der Waals surface area contributed by atoms with Crippen LogP contribution in [0.4, 0.5) is 13.2 Å². The number of aromatic nitrogens is 2. The first-order valence-corrected chi connectivity index (χ1v) is 6.28. The van der Waals surface area contributed by atoms with Gasteiger partial charge in [0.05, 0.1) is 5.56 Å². The molecule has 0 amide bonds. The highest BCUT2D eigenvalue weighted by atomic mass is 19.4. The van der Waals surface area contributed by atoms with Crippen molar-refractivity contribution in [2.75, 3.05) is 0 Å². The predicted octanol–water partition coefficient (Wildman–Crippen LogP) is 2.84. The van der Waals surface area contributed by atoms with Crippen LogP contribution >= 0.6 is 0 Å². The minimum absolute atomic E-state index is 0.0438. The summed E-state index contributed by atoms with van der Waals surface area (Å²) in [4.78, 5) is 4.18. The molecule has 1 aromatic carbocycles. The van der Waals surface area contributed by atoms with E-state index in [1.807, 2.05) is 11.5 Å². The number of imidazole rings is 1. The second-order valence-electron chi connectivity index (χ2n) is 4.85. The fraction of sp³-hybridized carbons (Fsp3) is 0.357. The number of alkyl halides is 3. The first-order valence-electron chi connectivity index (χ1n) is 6.28. The van der Waals surface area contributed by atoms with Gasteiger partial charge in [0.15, 0.2) is 0 Å². The molecule has 0 aliphatic heterocycles. The Kier molecular flexibility index (Phi) is 4.13. The Morgan fingerprint density at radius 1 is 1.35 bits per heavy atom. The number of nitrogens with zero attached hydrogens (tertiary/aromatic N) is 2. The lowest BCUT2D eigenvalue weighted by molar-refractivity contribution is -0.137. The van der Waals surface area contributed by atoms with Crippen LogP contribution in [0.2, 0.25) is 0 Å². The molecule has 1 heterocycles. The van der Waals surface area contributed by atoms with E-state index in [0.717, 1.165) is 18.0 Å². The van der Waals surface area contributed by atoms with E-state index in [0.29, 0.717) is 18.5 Å². The number of hydrogen-bond donors (Lipinski definition) is 1. The molecule has 0 spiro atoms. The normalized spacial score (nSPS) is 13.4. The molecule has 2 rings (SSSR count). The molecule has 1 unspecified atom stereocenters. The van der Waals surface area contributed by atoms with Gasteiger partial charge in [0.2, 0.25) is 0 Å². The quantitative estimate of drug-likeness (QED) is 0.937. The van der Waals surface area contributed by atoms with E-state index in [9.17, 15) is 13.2 Å². The molecule has 6 heteroatoms. The minimum Gasteiger partial charge on any atom is -0.330 e. The summed E-state index contributed by atoms with van der Waals surface area (Å²) in [5.41, 5.74) is 5.68. The van der Waals surface area contributed by atoms with Crippen LogP contribution in [0.1, 0.15) is 23.9 Å². The molecule has 0 saturated heterocycles. The van der Waals surface area contributed by atoms with E-state index in [1.54, 1.807) is 18.5 Å². The van der Waals surface area contributed by atoms with Crippen molar-refractivity contribution in [2.24, 2.45) is 5.73 Å². The van der Waals surface area contributed by atoms with Crippen LogP contribution in [0.15, 0.2) is 36.7 Å². The molecular weight excluding hydrogens is 267 g/mol. The second kappa shape index (κ2) is 5.66. The molecule has 3 nitrogen and oxygen atoms in total. The third kappa shape index (κ3) is 3.60. The van der Waals surface area contributed by atoms with Gasteiger partial charge in [0.25, 0.3) is 0 Å². The highest BCUT2D eigenvalue weighted by Gasteiger charge is 2.30. The molecule has 0 radical (unpaired) electrons. The summed E-state index contributed by atoms with van der Waals surface area (Å²) in [6.45, 7) is 2.22. The molecule has 0 bridgehead atoms. The van der Waals surface area contributed by atoms with E-state index in [-0.39, 0.29) is 6.04 Å². The standard InChI is InChI=1S/C14H16F3N3/c1-10(18)7-13-19-5-6-20(13)9-11-3-2-4-12(8-11)14(15,16)17/h2-6,8,10H,7,9,18H2,1H3. The lowest BCUT2D eigenvalue weighted by Gasteiger charge is -2.12. The molecule has 108 valence electrons. The second-order valence-corrected chi connectivity index (χ2v) is 4.85. The number of nitrogens with two attached hydrogens (primary N) is 1. The van der Waals surface area contributed by atoms with Gasteiger partial charge in [-0.25, -0.2) is 4.98 Å². The van der Waals surface area contributed by atoms with E-state index < -0.39 is 11.7 Å². The summed E-state index contributed by atoms with van der Waals surface area (Å²) < 4.78 is 39.8. The summed E-state index contributed by atoms with van der Waals surface area (Å²) in [6, 6.07) is 5.28. The predicted molar refractivity (Wildman–Crippen MR) is 70.1 cm³/mol. The minimum atomic E-state index is -4.32. The van der Waals surface area contributed by atoms with Crippen LogP contribution in [0.3, 0.4) is 0 Å². The number of halogens is 3. The monoisotopic (exact) mass is 283 g/mol. The van der Waals surface area contributed by atoms with Crippen molar-refractivity contribution in [3.8, 4) is 0 Å². The van der Waals surface area contributed by atoms with Crippen molar-refractivity contribution in [3.63, 3.8) is 0 Å². The van der Waals surface area contributed by atoms with Crippen molar-refractivity contribution in [3.05, 3.63) is 53.6 Å². The largest absolute Gasteiger partial charge is 0.416 e. The number of rotatable bonds is 4. The van der Waals surface area contributed by atoms with E-state index in [2.05, 4.69) is 4.98 Å². The third-order valence-electron chi connectivity index (χ3n) is 2.91. The molecule has 0 aliphatic carbocycles. The summed E-state index contributed by atoms with van der Waals surface area (Å²) in [6.07, 6.45) is -0.352. The van der Waals surface area contributed by atoms with Gasteiger partial charge in [0.1, 0.15) is 5.82 Å². The van der Waals surface area contributed by atoms with Crippen LogP contribution in [-0.4, -0.2) is 15.6 Å². The van der Waals surface area contributed by atoms with Gasteiger partial charge in [-0.05, 0) is 24.6 Å². The molecule has 20 heavy (non-hydrogen) atoms. The average molecular weight is 283 g/mol. The first-order chi connectivity index (χ1) is 9.36. The smallest absolute Gasteiger partial charge is 0.330 e. The Hall–Kier alpha value is -1.82. The lowest BCUT2D eigenvalue weighted by atomic mass is 10.1. The van der Waals surface area contributed by atoms with Gasteiger partial charge in [-0.1, -0.05) is 12.1 Å². The maximum Gasteiger partial charge on any atom is 0.416 e. The van der Waals surface area contributed by atoms with Crippen molar-refractivity contribution < 1.29 is 13.2 Å². The van der Waals surface area contributed by atoms with Gasteiger partial charge in [-0.15, -0.1) is 0 Å². The highest BCUT2D eigenvalue weighted by molar-refractivity contribution is 5.26. The van der Waals surface area contributed by atoms with Gasteiger partial charge in [-0.3, -0.25) is 0 Å². The molecule has 2 N–H and O–H groups in total. The maximum absolute atomic E-state index is 12.7. The van der Waals surface area contributed by atoms with Crippen molar-refractivity contribution >= 4 is 0 Å². The van der Waals surface area contributed by atoms with Crippen LogP contribution in [0.5, 0.6) is 0 Å². The van der Waals surface area contributed by atoms with Gasteiger partial charge in [0, 0.05) is 31.4 Å². The maximum atomic E-state index is 12.7. The Labute approximate surface area is 115 Å². The molecule has 1 aromatic heterocycles.